The molecule has 1 aromatic rings. The number of rotatable bonds is 5. The van der Waals surface area contributed by atoms with Crippen molar-refractivity contribution in [2.24, 2.45) is 5.73 Å². The minimum Gasteiger partial charge on any atom is -0.324 e. The van der Waals surface area contributed by atoms with Crippen molar-refractivity contribution in [1.82, 2.24) is 0 Å². The lowest BCUT2D eigenvalue weighted by Crippen LogP contribution is -2.50. The van der Waals surface area contributed by atoms with E-state index < -0.39 is 5.54 Å². The molecule has 0 bridgehead atoms. The molecule has 18 heavy (non-hydrogen) atoms. The lowest BCUT2D eigenvalue weighted by Gasteiger charge is -2.25. The third-order valence-corrected chi connectivity index (χ3v) is 3.21. The average Bonchev–Trinajstić information content (AvgIpc) is 2.40. The Balaban J connectivity index is 2.73. The summed E-state index contributed by atoms with van der Waals surface area (Å²) in [5.41, 5.74) is 6.83. The molecule has 0 heterocycles. The molecule has 0 spiro atoms. The van der Waals surface area contributed by atoms with Crippen molar-refractivity contribution in [2.75, 3.05) is 5.32 Å². The molecule has 0 saturated carbocycles. The number of amides is 1. The summed E-state index contributed by atoms with van der Waals surface area (Å²) in [6, 6.07) is 9.31. The van der Waals surface area contributed by atoms with Crippen LogP contribution in [0.1, 0.15) is 32.3 Å². The second-order valence-corrected chi connectivity index (χ2v) is 4.35. The zero-order valence-electron chi connectivity index (χ0n) is 10.9. The number of nitrogens with one attached hydrogen (secondary N) is 1. The predicted octanol–water partition coefficient (Wildman–Crippen LogP) is 2.21. The van der Waals surface area contributed by atoms with Crippen LogP contribution in [0.2, 0.25) is 0 Å². The van der Waals surface area contributed by atoms with Crippen LogP contribution < -0.4 is 11.1 Å². The van der Waals surface area contributed by atoms with Crippen LogP contribution in [-0.4, -0.2) is 11.4 Å². The van der Waals surface area contributed by atoms with Crippen LogP contribution in [-0.2, 0) is 11.2 Å². The van der Waals surface area contributed by atoms with Crippen molar-refractivity contribution < 1.29 is 4.79 Å². The molecule has 0 unspecified atom stereocenters. The maximum atomic E-state index is 12.0. The first-order valence-corrected chi connectivity index (χ1v) is 6.12. The third-order valence-electron chi connectivity index (χ3n) is 3.21. The van der Waals surface area contributed by atoms with E-state index in [0.717, 1.165) is 5.56 Å². The van der Waals surface area contributed by atoms with Crippen LogP contribution in [0.5, 0.6) is 0 Å². The Morgan fingerprint density at radius 2 is 1.89 bits per heavy atom. The van der Waals surface area contributed by atoms with Crippen LogP contribution >= 0.6 is 0 Å². The van der Waals surface area contributed by atoms with Crippen molar-refractivity contribution in [3.05, 3.63) is 29.8 Å². The van der Waals surface area contributed by atoms with E-state index in [-0.39, 0.29) is 5.91 Å². The highest BCUT2D eigenvalue weighted by atomic mass is 16.2. The molecular weight excluding hydrogens is 226 g/mol. The minimum atomic E-state index is -0.814. The smallest absolute Gasteiger partial charge is 0.244 e. The second-order valence-electron chi connectivity index (χ2n) is 4.35. The quantitative estimate of drug-likeness (QED) is 0.834. The van der Waals surface area contributed by atoms with Gasteiger partial charge in [0, 0.05) is 5.69 Å². The number of anilines is 1. The minimum absolute atomic E-state index is 0.166. The van der Waals surface area contributed by atoms with Gasteiger partial charge in [0.2, 0.25) is 5.91 Å². The summed E-state index contributed by atoms with van der Waals surface area (Å²) in [5, 5.41) is 11.4. The van der Waals surface area contributed by atoms with Crippen LogP contribution in [0.3, 0.4) is 0 Å². The summed E-state index contributed by atoms with van der Waals surface area (Å²) in [6.45, 7) is 3.80. The summed E-state index contributed by atoms with van der Waals surface area (Å²) in [5.74, 6) is -0.166. The fourth-order valence-corrected chi connectivity index (χ4v) is 1.62. The van der Waals surface area contributed by atoms with Gasteiger partial charge in [0.1, 0.15) is 0 Å². The maximum absolute atomic E-state index is 12.0. The summed E-state index contributed by atoms with van der Waals surface area (Å²) < 4.78 is 0. The first-order valence-electron chi connectivity index (χ1n) is 6.12. The summed E-state index contributed by atoms with van der Waals surface area (Å²) in [7, 11) is 0. The standard InChI is InChI=1S/C14H19N3O/c1-3-14(16,4-2)13(18)17-12-7-5-11(6-8-12)9-10-15/h5-8H,3-4,9,16H2,1-2H3,(H,17,18). The molecule has 3 N–H and O–H groups in total. The lowest BCUT2D eigenvalue weighted by molar-refractivity contribution is -0.121. The molecule has 4 heteroatoms. The molecular formula is C14H19N3O. The first kappa shape index (κ1) is 14.2. The highest BCUT2D eigenvalue weighted by Gasteiger charge is 2.29. The topological polar surface area (TPSA) is 78.9 Å². The SMILES string of the molecule is CCC(N)(CC)C(=O)Nc1ccc(CC#N)cc1. The number of nitrogens with two attached hydrogens (primary N) is 1. The largest absolute Gasteiger partial charge is 0.324 e. The Morgan fingerprint density at radius 1 is 1.33 bits per heavy atom. The lowest BCUT2D eigenvalue weighted by atomic mass is 9.93. The van der Waals surface area contributed by atoms with Gasteiger partial charge in [-0.2, -0.15) is 5.26 Å². The molecule has 4 nitrogen and oxygen atoms in total. The van der Waals surface area contributed by atoms with Gasteiger partial charge in [-0.3, -0.25) is 4.79 Å². The summed E-state index contributed by atoms with van der Waals surface area (Å²) in [6.07, 6.45) is 1.57. The number of carbonyl (C=O) groups is 1. The van der Waals surface area contributed by atoms with Gasteiger partial charge in [0.25, 0.3) is 0 Å². The van der Waals surface area contributed by atoms with Crippen LogP contribution in [0.25, 0.3) is 0 Å². The van der Waals surface area contributed by atoms with E-state index >= 15 is 0 Å². The van der Waals surface area contributed by atoms with Gasteiger partial charge in [0.05, 0.1) is 18.0 Å². The van der Waals surface area contributed by atoms with Crippen molar-refractivity contribution in [3.8, 4) is 6.07 Å². The van der Waals surface area contributed by atoms with E-state index in [1.165, 1.54) is 0 Å². The van der Waals surface area contributed by atoms with Crippen molar-refractivity contribution in [1.29, 1.82) is 5.26 Å². The highest BCUT2D eigenvalue weighted by molar-refractivity contribution is 5.97. The van der Waals surface area contributed by atoms with E-state index in [1.807, 2.05) is 26.0 Å². The Morgan fingerprint density at radius 3 is 2.33 bits per heavy atom. The predicted molar refractivity (Wildman–Crippen MR) is 71.9 cm³/mol. The van der Waals surface area contributed by atoms with E-state index in [9.17, 15) is 4.79 Å². The van der Waals surface area contributed by atoms with E-state index in [4.69, 9.17) is 11.0 Å². The van der Waals surface area contributed by atoms with E-state index in [0.29, 0.717) is 24.9 Å². The summed E-state index contributed by atoms with van der Waals surface area (Å²) >= 11 is 0. The second kappa shape index (κ2) is 6.18. The zero-order valence-corrected chi connectivity index (χ0v) is 10.9. The van der Waals surface area contributed by atoms with Crippen molar-refractivity contribution in [3.63, 3.8) is 0 Å². The van der Waals surface area contributed by atoms with Gasteiger partial charge in [-0.25, -0.2) is 0 Å². The number of carbonyl (C=O) groups excluding carboxylic acids is 1. The zero-order chi connectivity index (χ0) is 13.6. The molecule has 0 aliphatic heterocycles. The average molecular weight is 245 g/mol. The molecule has 0 aliphatic rings. The van der Waals surface area contributed by atoms with E-state index in [2.05, 4.69) is 11.4 Å². The fraction of sp³-hybridized carbons (Fsp3) is 0.429. The molecule has 0 saturated heterocycles. The summed E-state index contributed by atoms with van der Waals surface area (Å²) in [4.78, 5) is 12.0. The third kappa shape index (κ3) is 3.31. The molecule has 0 radical (unpaired) electrons. The first-order chi connectivity index (χ1) is 8.55. The van der Waals surface area contributed by atoms with Crippen molar-refractivity contribution in [2.45, 2.75) is 38.6 Å². The van der Waals surface area contributed by atoms with Crippen LogP contribution in [0.15, 0.2) is 24.3 Å². The molecule has 1 rings (SSSR count). The fourth-order valence-electron chi connectivity index (χ4n) is 1.62. The van der Waals surface area contributed by atoms with Gasteiger partial charge in [-0.15, -0.1) is 0 Å². The van der Waals surface area contributed by atoms with Gasteiger partial charge in [0.15, 0.2) is 0 Å². The molecule has 0 atom stereocenters. The molecule has 1 amide bonds. The number of hydrogen-bond donors (Lipinski definition) is 2. The number of hydrogen-bond acceptors (Lipinski definition) is 3. The number of benzene rings is 1. The Bertz CT molecular complexity index is 441. The van der Waals surface area contributed by atoms with Gasteiger partial charge in [-0.1, -0.05) is 26.0 Å². The molecule has 0 aliphatic carbocycles. The van der Waals surface area contributed by atoms with Gasteiger partial charge < -0.3 is 11.1 Å². The molecule has 96 valence electrons. The normalized spacial score (nSPS) is 10.8. The van der Waals surface area contributed by atoms with Gasteiger partial charge in [-0.05, 0) is 30.5 Å². The Kier molecular flexibility index (Phi) is 4.87. The highest BCUT2D eigenvalue weighted by Crippen LogP contribution is 2.16. The Hall–Kier alpha value is -1.86. The van der Waals surface area contributed by atoms with Crippen LogP contribution in [0, 0.1) is 11.3 Å². The van der Waals surface area contributed by atoms with E-state index in [1.54, 1.807) is 12.1 Å². The Labute approximate surface area is 108 Å². The van der Waals surface area contributed by atoms with Crippen LogP contribution in [0.4, 0.5) is 5.69 Å². The maximum Gasteiger partial charge on any atom is 0.244 e. The molecule has 1 aromatic carbocycles. The van der Waals surface area contributed by atoms with Gasteiger partial charge >= 0.3 is 0 Å². The molecule has 0 aromatic heterocycles. The van der Waals surface area contributed by atoms with Crippen molar-refractivity contribution >= 4 is 11.6 Å². The monoisotopic (exact) mass is 245 g/mol. The number of nitrogens with zero attached hydrogens (tertiary/aromatic N) is 1. The molecule has 0 fully saturated rings. The number of nitriles is 1.